The Bertz CT molecular complexity index is 800. The molecule has 0 aromatic heterocycles. The van der Waals surface area contributed by atoms with Gasteiger partial charge in [0.15, 0.2) is 0 Å². The first kappa shape index (κ1) is 21.6. The van der Waals surface area contributed by atoms with Gasteiger partial charge in [0.1, 0.15) is 13.2 Å². The molecule has 2 aromatic rings. The second-order valence-corrected chi connectivity index (χ2v) is 7.42. The van der Waals surface area contributed by atoms with E-state index in [9.17, 15) is 14.7 Å². The lowest BCUT2D eigenvalue weighted by Crippen LogP contribution is -2.49. The fourth-order valence-electron chi connectivity index (χ4n) is 3.41. The fourth-order valence-corrected chi connectivity index (χ4v) is 3.41. The number of alkyl carbamates (subject to hydrolysis) is 1. The van der Waals surface area contributed by atoms with Gasteiger partial charge >= 0.3 is 12.2 Å². The number of hydrogen-bond acceptors (Lipinski definition) is 5. The molecule has 1 heterocycles. The lowest BCUT2D eigenvalue weighted by molar-refractivity contribution is 0.0676. The number of benzene rings is 2. The van der Waals surface area contributed by atoms with Crippen molar-refractivity contribution in [3.63, 3.8) is 0 Å². The van der Waals surface area contributed by atoms with E-state index in [1.807, 2.05) is 60.7 Å². The highest BCUT2D eigenvalue weighted by atomic mass is 16.6. The minimum Gasteiger partial charge on any atom is -0.445 e. The Morgan fingerprint density at radius 3 is 2.20 bits per heavy atom. The van der Waals surface area contributed by atoms with Gasteiger partial charge in [-0.1, -0.05) is 60.7 Å². The predicted octanol–water partition coefficient (Wildman–Crippen LogP) is 3.47. The molecule has 1 saturated heterocycles. The Balaban J connectivity index is 1.52. The molecular formula is C23H28N2O5. The highest BCUT2D eigenvalue weighted by Gasteiger charge is 2.26. The van der Waals surface area contributed by atoms with Gasteiger partial charge in [-0.15, -0.1) is 0 Å². The molecule has 3 rings (SSSR count). The third-order valence-corrected chi connectivity index (χ3v) is 4.96. The van der Waals surface area contributed by atoms with Crippen molar-refractivity contribution in [2.45, 2.75) is 44.6 Å². The van der Waals surface area contributed by atoms with Gasteiger partial charge < -0.3 is 24.8 Å². The number of ether oxygens (including phenoxy) is 2. The van der Waals surface area contributed by atoms with Crippen molar-refractivity contribution < 1.29 is 24.2 Å². The summed E-state index contributed by atoms with van der Waals surface area (Å²) in [6.45, 7) is 1.06. The van der Waals surface area contributed by atoms with E-state index in [1.165, 1.54) is 0 Å². The Kier molecular flexibility index (Phi) is 8.09. The van der Waals surface area contributed by atoms with Gasteiger partial charge in [-0.3, -0.25) is 0 Å². The molecule has 160 valence electrons. The van der Waals surface area contributed by atoms with Crippen LogP contribution < -0.4 is 5.32 Å². The van der Waals surface area contributed by atoms with Crippen LogP contribution in [0.25, 0.3) is 0 Å². The van der Waals surface area contributed by atoms with Gasteiger partial charge in [-0.25, -0.2) is 9.59 Å². The van der Waals surface area contributed by atoms with E-state index >= 15 is 0 Å². The average Bonchev–Trinajstić information content (AvgIpc) is 2.75. The summed E-state index contributed by atoms with van der Waals surface area (Å²) in [5, 5.41) is 12.9. The van der Waals surface area contributed by atoms with Gasteiger partial charge in [-0.05, 0) is 30.4 Å². The molecule has 2 amide bonds. The van der Waals surface area contributed by atoms with Gasteiger partial charge in [0.25, 0.3) is 0 Å². The van der Waals surface area contributed by atoms with Crippen LogP contribution in [0.15, 0.2) is 60.7 Å². The fraction of sp³-hybridized carbons (Fsp3) is 0.391. The second kappa shape index (κ2) is 11.2. The molecule has 2 N–H and O–H groups in total. The molecule has 0 unspecified atom stereocenters. The molecule has 7 heteroatoms. The van der Waals surface area contributed by atoms with Crippen molar-refractivity contribution in [2.24, 2.45) is 0 Å². The molecular weight excluding hydrogens is 384 g/mol. The molecule has 0 aliphatic carbocycles. The Morgan fingerprint density at radius 2 is 1.57 bits per heavy atom. The number of carbonyl (C=O) groups excluding carboxylic acids is 2. The monoisotopic (exact) mass is 412 g/mol. The lowest BCUT2D eigenvalue weighted by atomic mass is 10.0. The minimum atomic E-state index is -0.575. The van der Waals surface area contributed by atoms with E-state index in [4.69, 9.17) is 9.47 Å². The van der Waals surface area contributed by atoms with Crippen molar-refractivity contribution in [2.75, 3.05) is 13.1 Å². The van der Waals surface area contributed by atoms with E-state index in [-0.39, 0.29) is 19.8 Å². The molecule has 2 aromatic carbocycles. The zero-order valence-electron chi connectivity index (χ0n) is 16.9. The van der Waals surface area contributed by atoms with Crippen LogP contribution in [0, 0.1) is 0 Å². The first-order valence-electron chi connectivity index (χ1n) is 10.2. The number of aliphatic hydroxyl groups excluding tert-OH is 1. The Hall–Kier alpha value is -3.06. The smallest absolute Gasteiger partial charge is 0.410 e. The maximum Gasteiger partial charge on any atom is 0.410 e. The number of nitrogens with one attached hydrogen (secondary N) is 1. The van der Waals surface area contributed by atoms with Crippen LogP contribution in [0.3, 0.4) is 0 Å². The molecule has 30 heavy (non-hydrogen) atoms. The van der Waals surface area contributed by atoms with Crippen molar-refractivity contribution in [1.82, 2.24) is 10.2 Å². The molecule has 0 spiro atoms. The number of likely N-dealkylation sites (tertiary alicyclic amines) is 1. The maximum atomic E-state index is 12.6. The van der Waals surface area contributed by atoms with Crippen LogP contribution in [0.2, 0.25) is 0 Å². The number of amides is 2. The van der Waals surface area contributed by atoms with E-state index in [0.29, 0.717) is 25.8 Å². The summed E-state index contributed by atoms with van der Waals surface area (Å²) in [4.78, 5) is 26.4. The van der Waals surface area contributed by atoms with Gasteiger partial charge in [-0.2, -0.15) is 0 Å². The van der Waals surface area contributed by atoms with Crippen molar-refractivity contribution >= 4 is 12.2 Å². The number of carbonyl (C=O) groups is 2. The normalized spacial score (nSPS) is 19.3. The molecule has 0 bridgehead atoms. The van der Waals surface area contributed by atoms with E-state index in [1.54, 1.807) is 4.90 Å². The summed E-state index contributed by atoms with van der Waals surface area (Å²) >= 11 is 0. The minimum absolute atomic E-state index is 0.158. The Labute approximate surface area is 176 Å². The second-order valence-electron chi connectivity index (χ2n) is 7.42. The average molecular weight is 412 g/mol. The van der Waals surface area contributed by atoms with Crippen LogP contribution in [0.4, 0.5) is 9.59 Å². The summed E-state index contributed by atoms with van der Waals surface area (Å²) in [7, 11) is 0. The third kappa shape index (κ3) is 7.08. The molecule has 0 saturated carbocycles. The molecule has 1 aliphatic heterocycles. The first-order valence-corrected chi connectivity index (χ1v) is 10.2. The lowest BCUT2D eigenvalue weighted by Gasteiger charge is -2.31. The highest BCUT2D eigenvalue weighted by Crippen LogP contribution is 2.14. The number of rotatable bonds is 5. The molecule has 1 fully saturated rings. The molecule has 7 nitrogen and oxygen atoms in total. The van der Waals surface area contributed by atoms with Crippen LogP contribution in [0.1, 0.15) is 30.4 Å². The summed E-state index contributed by atoms with van der Waals surface area (Å²) < 4.78 is 10.7. The number of hydrogen-bond donors (Lipinski definition) is 2. The van der Waals surface area contributed by atoms with Crippen molar-refractivity contribution in [1.29, 1.82) is 0 Å². The van der Waals surface area contributed by atoms with E-state index < -0.39 is 24.3 Å². The summed E-state index contributed by atoms with van der Waals surface area (Å²) in [6, 6.07) is 18.4. The quantitative estimate of drug-likeness (QED) is 0.785. The van der Waals surface area contributed by atoms with Crippen LogP contribution in [0.5, 0.6) is 0 Å². The topological polar surface area (TPSA) is 88.1 Å². The first-order chi connectivity index (χ1) is 14.6. The predicted molar refractivity (Wildman–Crippen MR) is 112 cm³/mol. The van der Waals surface area contributed by atoms with Crippen LogP contribution in [-0.2, 0) is 22.7 Å². The third-order valence-electron chi connectivity index (χ3n) is 4.96. The largest absolute Gasteiger partial charge is 0.445 e. The van der Waals surface area contributed by atoms with Crippen molar-refractivity contribution in [3.05, 3.63) is 71.8 Å². The van der Waals surface area contributed by atoms with Gasteiger partial charge in [0.2, 0.25) is 0 Å². The highest BCUT2D eigenvalue weighted by molar-refractivity contribution is 5.69. The van der Waals surface area contributed by atoms with E-state index in [2.05, 4.69) is 5.32 Å². The Morgan fingerprint density at radius 1 is 0.967 bits per heavy atom. The summed E-state index contributed by atoms with van der Waals surface area (Å²) in [6.07, 6.45) is 0.0379. The molecule has 0 radical (unpaired) electrons. The number of aliphatic hydroxyl groups is 1. The van der Waals surface area contributed by atoms with Crippen LogP contribution in [-0.4, -0.2) is 47.4 Å². The maximum absolute atomic E-state index is 12.6. The van der Waals surface area contributed by atoms with Crippen LogP contribution >= 0.6 is 0 Å². The zero-order chi connectivity index (χ0) is 21.2. The van der Waals surface area contributed by atoms with Gasteiger partial charge in [0.05, 0.1) is 12.1 Å². The molecule has 1 aliphatic rings. The standard InChI is InChI=1S/C23H28N2O5/c26-21-12-7-13-25(23(28)30-17-19-10-5-2-6-11-19)15-20(14-21)24-22(27)29-16-18-8-3-1-4-9-18/h1-6,8-11,20-21,26H,7,12-17H2,(H,24,27)/t20-,21+/m0/s1. The van der Waals surface area contributed by atoms with Crippen molar-refractivity contribution in [3.8, 4) is 0 Å². The molecule has 2 atom stereocenters. The summed E-state index contributed by atoms with van der Waals surface area (Å²) in [5.41, 5.74) is 1.80. The number of nitrogens with zero attached hydrogens (tertiary/aromatic N) is 1. The SMILES string of the molecule is O=C(N[C@H]1C[C@H](O)CCCN(C(=O)OCc2ccccc2)C1)OCc1ccccc1. The van der Waals surface area contributed by atoms with E-state index in [0.717, 1.165) is 11.1 Å². The van der Waals surface area contributed by atoms with Gasteiger partial charge in [0, 0.05) is 13.1 Å². The zero-order valence-corrected chi connectivity index (χ0v) is 16.9. The summed E-state index contributed by atoms with van der Waals surface area (Å²) in [5.74, 6) is 0.